The smallest absolute Gasteiger partial charge is 0.251 e. The molecule has 0 aliphatic carbocycles. The van der Waals surface area contributed by atoms with Crippen molar-refractivity contribution in [3.8, 4) is 0 Å². The summed E-state index contributed by atoms with van der Waals surface area (Å²) in [6.45, 7) is 6.50. The standard InChI is InChI=1S/C38H67N3O3/c1-3-5-7-9-10-11-12-13-14-15-16-17-18-19-22-26-36(42)39-31-24-20-21-25-33-41-38(44)35-29-27-34(28-30-35)37(43)40-32-23-8-6-4-2/h27-30H,3-26,31-33H2,1-2H3,(H,39,42)(H,40,43)(H,41,44). The molecule has 0 aromatic heterocycles. The molecule has 3 amide bonds. The Hall–Kier alpha value is -2.37. The van der Waals surface area contributed by atoms with Crippen LogP contribution in [-0.4, -0.2) is 37.4 Å². The van der Waals surface area contributed by atoms with E-state index in [1.165, 1.54) is 96.3 Å². The molecule has 0 spiro atoms. The van der Waals surface area contributed by atoms with Gasteiger partial charge in [-0.1, -0.05) is 136 Å². The fourth-order valence-corrected chi connectivity index (χ4v) is 5.51. The van der Waals surface area contributed by atoms with Crippen LogP contribution < -0.4 is 16.0 Å². The van der Waals surface area contributed by atoms with Crippen molar-refractivity contribution in [1.29, 1.82) is 0 Å². The van der Waals surface area contributed by atoms with Crippen molar-refractivity contribution >= 4 is 17.7 Å². The van der Waals surface area contributed by atoms with Crippen molar-refractivity contribution in [1.82, 2.24) is 16.0 Å². The molecule has 0 radical (unpaired) electrons. The summed E-state index contributed by atoms with van der Waals surface area (Å²) in [6.07, 6.45) is 29.2. The Bertz CT molecular complexity index is 840. The van der Waals surface area contributed by atoms with Crippen LogP contribution in [0.5, 0.6) is 0 Å². The summed E-state index contributed by atoms with van der Waals surface area (Å²) in [5.41, 5.74) is 1.15. The first kappa shape index (κ1) is 39.7. The van der Waals surface area contributed by atoms with Gasteiger partial charge in [0.1, 0.15) is 0 Å². The number of benzene rings is 1. The van der Waals surface area contributed by atoms with Crippen LogP contribution in [0.2, 0.25) is 0 Å². The summed E-state index contributed by atoms with van der Waals surface area (Å²) in [4.78, 5) is 36.7. The predicted octanol–water partition coefficient (Wildman–Crippen LogP) is 9.66. The fourth-order valence-electron chi connectivity index (χ4n) is 5.51. The maximum Gasteiger partial charge on any atom is 0.251 e. The zero-order chi connectivity index (χ0) is 31.9. The van der Waals surface area contributed by atoms with E-state index in [9.17, 15) is 14.4 Å². The maximum absolute atomic E-state index is 12.4. The lowest BCUT2D eigenvalue weighted by molar-refractivity contribution is -0.121. The Morgan fingerprint density at radius 2 is 0.705 bits per heavy atom. The van der Waals surface area contributed by atoms with Crippen LogP contribution in [0.1, 0.15) is 189 Å². The minimum absolute atomic E-state index is 0.0883. The highest BCUT2D eigenvalue weighted by molar-refractivity contribution is 5.97. The summed E-state index contributed by atoms with van der Waals surface area (Å²) >= 11 is 0. The molecule has 0 saturated carbocycles. The van der Waals surface area contributed by atoms with Crippen molar-refractivity contribution in [2.24, 2.45) is 0 Å². The molecule has 6 heteroatoms. The van der Waals surface area contributed by atoms with E-state index in [1.807, 2.05) is 0 Å². The van der Waals surface area contributed by atoms with E-state index >= 15 is 0 Å². The lowest BCUT2D eigenvalue weighted by atomic mass is 10.0. The van der Waals surface area contributed by atoms with Gasteiger partial charge in [-0.05, 0) is 49.9 Å². The molecule has 1 aromatic carbocycles. The van der Waals surface area contributed by atoms with Crippen LogP contribution in [0.15, 0.2) is 24.3 Å². The lowest BCUT2D eigenvalue weighted by Gasteiger charge is -2.08. The van der Waals surface area contributed by atoms with Crippen LogP contribution >= 0.6 is 0 Å². The number of carbonyl (C=O) groups excluding carboxylic acids is 3. The Balaban J connectivity index is 1.90. The van der Waals surface area contributed by atoms with Gasteiger partial charge in [0, 0.05) is 37.2 Å². The monoisotopic (exact) mass is 614 g/mol. The molecule has 44 heavy (non-hydrogen) atoms. The fraction of sp³-hybridized carbons (Fsp3) is 0.763. The number of hydrogen-bond acceptors (Lipinski definition) is 3. The highest BCUT2D eigenvalue weighted by Crippen LogP contribution is 2.14. The lowest BCUT2D eigenvalue weighted by Crippen LogP contribution is -2.26. The molecular weight excluding hydrogens is 546 g/mol. The Labute approximate surface area is 270 Å². The van der Waals surface area contributed by atoms with Gasteiger partial charge in [-0.2, -0.15) is 0 Å². The third kappa shape index (κ3) is 23.1. The molecule has 0 unspecified atom stereocenters. The SMILES string of the molecule is CCCCCCCCCCCCCCCCCC(=O)NCCCCCCNC(=O)c1ccc(C(=O)NCCCCCC)cc1. The number of unbranched alkanes of at least 4 members (excludes halogenated alkanes) is 20. The summed E-state index contributed by atoms with van der Waals surface area (Å²) < 4.78 is 0. The number of nitrogens with one attached hydrogen (secondary N) is 3. The summed E-state index contributed by atoms with van der Waals surface area (Å²) in [7, 11) is 0. The van der Waals surface area contributed by atoms with Crippen molar-refractivity contribution < 1.29 is 14.4 Å². The minimum atomic E-state index is -0.109. The number of hydrogen-bond donors (Lipinski definition) is 3. The summed E-state index contributed by atoms with van der Waals surface area (Å²) in [5.74, 6) is -0.0142. The van der Waals surface area contributed by atoms with Gasteiger partial charge in [0.05, 0.1) is 0 Å². The molecule has 0 fully saturated rings. The summed E-state index contributed by atoms with van der Waals surface area (Å²) in [5, 5.41) is 8.96. The van der Waals surface area contributed by atoms with Crippen LogP contribution in [0, 0.1) is 0 Å². The van der Waals surface area contributed by atoms with Gasteiger partial charge in [-0.15, -0.1) is 0 Å². The Morgan fingerprint density at radius 3 is 1.09 bits per heavy atom. The highest BCUT2D eigenvalue weighted by atomic mass is 16.2. The maximum atomic E-state index is 12.4. The van der Waals surface area contributed by atoms with E-state index in [2.05, 4.69) is 29.8 Å². The van der Waals surface area contributed by atoms with Crippen LogP contribution in [0.3, 0.4) is 0 Å². The molecular formula is C38H67N3O3. The van der Waals surface area contributed by atoms with Gasteiger partial charge in [-0.25, -0.2) is 0 Å². The summed E-state index contributed by atoms with van der Waals surface area (Å²) in [6, 6.07) is 6.85. The van der Waals surface area contributed by atoms with Gasteiger partial charge >= 0.3 is 0 Å². The normalized spacial score (nSPS) is 11.0. The average molecular weight is 614 g/mol. The molecule has 3 N–H and O–H groups in total. The van der Waals surface area contributed by atoms with Gasteiger partial charge in [0.2, 0.25) is 5.91 Å². The minimum Gasteiger partial charge on any atom is -0.356 e. The van der Waals surface area contributed by atoms with Gasteiger partial charge in [0.15, 0.2) is 0 Å². The van der Waals surface area contributed by atoms with E-state index in [0.717, 1.165) is 57.9 Å². The molecule has 0 aliphatic heterocycles. The zero-order valence-electron chi connectivity index (χ0n) is 28.6. The van der Waals surface area contributed by atoms with Crippen LogP contribution in [-0.2, 0) is 4.79 Å². The van der Waals surface area contributed by atoms with Crippen molar-refractivity contribution in [3.63, 3.8) is 0 Å². The number of carbonyl (C=O) groups is 3. The second-order valence-corrected chi connectivity index (χ2v) is 12.6. The first-order chi connectivity index (χ1) is 21.6. The van der Waals surface area contributed by atoms with E-state index in [4.69, 9.17) is 0 Å². The van der Waals surface area contributed by atoms with Gasteiger partial charge in [-0.3, -0.25) is 14.4 Å². The van der Waals surface area contributed by atoms with E-state index < -0.39 is 0 Å². The Kier molecular flexibility index (Phi) is 26.4. The molecule has 1 aromatic rings. The van der Waals surface area contributed by atoms with E-state index in [1.54, 1.807) is 24.3 Å². The van der Waals surface area contributed by atoms with E-state index in [0.29, 0.717) is 30.6 Å². The predicted molar refractivity (Wildman–Crippen MR) is 186 cm³/mol. The molecule has 1 rings (SSSR count). The van der Waals surface area contributed by atoms with Crippen LogP contribution in [0.25, 0.3) is 0 Å². The molecule has 0 heterocycles. The highest BCUT2D eigenvalue weighted by Gasteiger charge is 2.08. The Morgan fingerprint density at radius 1 is 0.409 bits per heavy atom. The van der Waals surface area contributed by atoms with Gasteiger partial charge < -0.3 is 16.0 Å². The third-order valence-electron chi connectivity index (χ3n) is 8.44. The van der Waals surface area contributed by atoms with Crippen molar-refractivity contribution in [2.75, 3.05) is 19.6 Å². The first-order valence-corrected chi connectivity index (χ1v) is 18.5. The third-order valence-corrected chi connectivity index (χ3v) is 8.44. The van der Waals surface area contributed by atoms with Crippen molar-refractivity contribution in [3.05, 3.63) is 35.4 Å². The quantitative estimate of drug-likeness (QED) is 0.0755. The zero-order valence-corrected chi connectivity index (χ0v) is 28.6. The second-order valence-electron chi connectivity index (χ2n) is 12.6. The first-order valence-electron chi connectivity index (χ1n) is 18.5. The topological polar surface area (TPSA) is 87.3 Å². The van der Waals surface area contributed by atoms with Crippen molar-refractivity contribution in [2.45, 2.75) is 168 Å². The molecule has 252 valence electrons. The molecule has 0 saturated heterocycles. The molecule has 0 aliphatic rings. The molecule has 0 atom stereocenters. The average Bonchev–Trinajstić information content (AvgIpc) is 3.03. The largest absolute Gasteiger partial charge is 0.356 e. The number of rotatable bonds is 30. The number of amides is 3. The second kappa shape index (κ2) is 29.3. The van der Waals surface area contributed by atoms with Crippen LogP contribution in [0.4, 0.5) is 0 Å². The molecule has 6 nitrogen and oxygen atoms in total. The van der Waals surface area contributed by atoms with E-state index in [-0.39, 0.29) is 17.7 Å². The van der Waals surface area contributed by atoms with Gasteiger partial charge in [0.25, 0.3) is 11.8 Å². The molecule has 0 bridgehead atoms.